The summed E-state index contributed by atoms with van der Waals surface area (Å²) in [7, 11) is -5.94. The fourth-order valence-electron chi connectivity index (χ4n) is 6.74. The molecule has 0 radical (unpaired) electrons. The average molecular weight is 564 g/mol. The number of benzene rings is 4. The van der Waals surface area contributed by atoms with E-state index in [-0.39, 0.29) is 0 Å². The molecule has 0 N–H and O–H groups in total. The Morgan fingerprint density at radius 2 is 0.825 bits per heavy atom. The molecule has 40 heavy (non-hydrogen) atoms. The summed E-state index contributed by atoms with van der Waals surface area (Å²) in [6, 6.07) is 45.0. The van der Waals surface area contributed by atoms with E-state index in [4.69, 9.17) is 9.31 Å². The summed E-state index contributed by atoms with van der Waals surface area (Å²) in [4.78, 5) is 0. The zero-order chi connectivity index (χ0) is 28.4. The molecule has 0 aromatic heterocycles. The third kappa shape index (κ3) is 4.37. The Balaban J connectivity index is 2.05. The average Bonchev–Trinajstić information content (AvgIpc) is 3.21. The first-order chi connectivity index (χ1) is 19.3. The van der Waals surface area contributed by atoms with E-state index in [2.05, 4.69) is 167 Å². The molecule has 0 atom stereocenters. The van der Waals surface area contributed by atoms with E-state index in [9.17, 15) is 0 Å². The number of hydrogen-bond donors (Lipinski definition) is 0. The molecule has 1 aliphatic rings. The van der Waals surface area contributed by atoms with Crippen LogP contribution >= 0.6 is 0 Å². The summed E-state index contributed by atoms with van der Waals surface area (Å²) in [6.45, 7) is 14.9. The Morgan fingerprint density at radius 3 is 1.12 bits per heavy atom. The molecule has 1 aliphatic heterocycles. The van der Waals surface area contributed by atoms with E-state index >= 15 is 0 Å². The summed E-state index contributed by atoms with van der Waals surface area (Å²) in [5.41, 5.74) is -0.924. The van der Waals surface area contributed by atoms with Gasteiger partial charge >= 0.3 is 6.71 Å². The van der Waals surface area contributed by atoms with Gasteiger partial charge in [-0.2, -0.15) is 0 Å². The van der Waals surface area contributed by atoms with Crippen LogP contribution in [0.5, 0.6) is 0 Å². The normalized spacial score (nSPS) is 16.8. The smallest absolute Gasteiger partial charge is 0.406 e. The summed E-state index contributed by atoms with van der Waals surface area (Å²) >= 11 is 0. The second-order valence-electron chi connectivity index (χ2n) is 11.7. The first-order valence-corrected chi connectivity index (χ1v) is 19.6. The van der Waals surface area contributed by atoms with Crippen molar-refractivity contribution in [1.29, 1.82) is 0 Å². The van der Waals surface area contributed by atoms with Crippen LogP contribution in [0.15, 0.2) is 121 Å². The molecule has 5 rings (SSSR count). The van der Waals surface area contributed by atoms with Gasteiger partial charge in [0, 0.05) is 0 Å². The molecule has 1 saturated heterocycles. The van der Waals surface area contributed by atoms with E-state index in [1.165, 1.54) is 20.7 Å². The van der Waals surface area contributed by atoms with Gasteiger partial charge in [0.25, 0.3) is 0 Å². The molecular weight excluding hydrogens is 521 g/mol. The van der Waals surface area contributed by atoms with E-state index < -0.39 is 33.1 Å². The molecule has 0 aliphatic carbocycles. The second kappa shape index (κ2) is 11.3. The molecule has 0 unspecified atom stereocenters. The molecule has 4 aromatic carbocycles. The van der Waals surface area contributed by atoms with Crippen LogP contribution in [0.4, 0.5) is 0 Å². The predicted molar refractivity (Wildman–Crippen MR) is 175 cm³/mol. The van der Waals surface area contributed by atoms with Gasteiger partial charge < -0.3 is 13.9 Å². The van der Waals surface area contributed by atoms with Crippen LogP contribution < -0.4 is 20.7 Å². The molecule has 0 spiro atoms. The predicted octanol–water partition coefficient (Wildman–Crippen LogP) is 4.60. The second-order valence-corrected chi connectivity index (χ2v) is 22.7. The Hall–Kier alpha value is -2.74. The van der Waals surface area contributed by atoms with Crippen molar-refractivity contribution in [2.75, 3.05) is 13.1 Å². The monoisotopic (exact) mass is 563 g/mol. The van der Waals surface area contributed by atoms with Gasteiger partial charge in [-0.05, 0) is 51.2 Å². The van der Waals surface area contributed by atoms with Crippen LogP contribution in [-0.2, 0) is 9.31 Å². The van der Waals surface area contributed by atoms with Crippen LogP contribution in [0, 0.1) is 0 Å². The van der Waals surface area contributed by atoms with Crippen molar-refractivity contribution in [3.05, 3.63) is 121 Å². The summed E-state index contributed by atoms with van der Waals surface area (Å²) in [6.07, 6.45) is 0. The lowest BCUT2D eigenvalue weighted by Gasteiger charge is -2.54. The van der Waals surface area contributed by atoms with E-state index in [0.717, 1.165) is 13.1 Å². The van der Waals surface area contributed by atoms with Crippen LogP contribution in [0.25, 0.3) is 0 Å². The van der Waals surface area contributed by atoms with Crippen molar-refractivity contribution < 1.29 is 9.31 Å². The molecule has 0 bridgehead atoms. The van der Waals surface area contributed by atoms with Crippen molar-refractivity contribution in [1.82, 2.24) is 4.57 Å². The minimum atomic E-state index is -3.04. The van der Waals surface area contributed by atoms with Crippen molar-refractivity contribution >= 4 is 42.7 Å². The molecule has 1 fully saturated rings. The highest BCUT2D eigenvalue weighted by atomic mass is 29.3. The topological polar surface area (TPSA) is 21.7 Å². The van der Waals surface area contributed by atoms with Crippen LogP contribution in [0.1, 0.15) is 41.5 Å². The van der Waals surface area contributed by atoms with Crippen LogP contribution in [0.2, 0.25) is 0 Å². The Kier molecular flexibility index (Phi) is 8.10. The molecule has 3 nitrogen and oxygen atoms in total. The quantitative estimate of drug-likeness (QED) is 0.278. The van der Waals surface area contributed by atoms with Crippen molar-refractivity contribution in [2.45, 2.75) is 52.7 Å². The SMILES string of the molecule is CCN(CC)[Si](c1ccccc1)(c1ccccc1)[Si](B1OC(C)(C)C(C)(C)O1)(c1ccccc1)c1ccccc1. The minimum Gasteiger partial charge on any atom is -0.406 e. The zero-order valence-electron chi connectivity index (χ0n) is 24.8. The third-order valence-corrected chi connectivity index (χ3v) is 26.3. The Labute approximate surface area is 243 Å². The fourth-order valence-corrected chi connectivity index (χ4v) is 27.0. The number of rotatable bonds is 9. The zero-order valence-corrected chi connectivity index (χ0v) is 26.8. The fraction of sp³-hybridized carbons (Fsp3) is 0.294. The lowest BCUT2D eigenvalue weighted by atomic mass is 9.90. The molecule has 0 saturated carbocycles. The van der Waals surface area contributed by atoms with Crippen molar-refractivity contribution in [3.8, 4) is 0 Å². The van der Waals surface area contributed by atoms with Gasteiger partial charge in [-0.3, -0.25) is 0 Å². The lowest BCUT2D eigenvalue weighted by Crippen LogP contribution is -2.96. The van der Waals surface area contributed by atoms with Crippen LogP contribution in [-0.4, -0.2) is 50.8 Å². The highest BCUT2D eigenvalue weighted by Crippen LogP contribution is 2.41. The van der Waals surface area contributed by atoms with Gasteiger partial charge in [-0.25, -0.2) is 0 Å². The summed E-state index contributed by atoms with van der Waals surface area (Å²) in [5.74, 6) is 0. The molecule has 206 valence electrons. The van der Waals surface area contributed by atoms with Crippen molar-refractivity contribution in [2.24, 2.45) is 0 Å². The molecular formula is C34H42BNO2Si2. The van der Waals surface area contributed by atoms with E-state index in [0.29, 0.717) is 0 Å². The van der Waals surface area contributed by atoms with Gasteiger partial charge in [0.1, 0.15) is 0 Å². The van der Waals surface area contributed by atoms with Crippen LogP contribution in [0.3, 0.4) is 0 Å². The molecule has 4 aromatic rings. The van der Waals surface area contributed by atoms with Crippen molar-refractivity contribution in [3.63, 3.8) is 0 Å². The van der Waals surface area contributed by atoms with Gasteiger partial charge in [-0.1, -0.05) is 146 Å². The first-order valence-electron chi connectivity index (χ1n) is 14.6. The summed E-state index contributed by atoms with van der Waals surface area (Å²) < 4.78 is 17.3. The standard InChI is InChI=1S/C34H42BNO2Si2/c1-7-36(8-2)40(31-25-17-11-18-26-31,32-27-19-12-20-28-32)39(29-21-13-9-14-22-29,30-23-15-10-16-24-30)35-37-33(3,4)34(5,6)38-35/h9-28H,7-8H2,1-6H3. The first kappa shape index (κ1) is 28.8. The highest BCUT2D eigenvalue weighted by molar-refractivity contribution is 7.76. The summed E-state index contributed by atoms with van der Waals surface area (Å²) in [5, 5.41) is 5.51. The van der Waals surface area contributed by atoms with E-state index in [1.54, 1.807) is 0 Å². The lowest BCUT2D eigenvalue weighted by molar-refractivity contribution is 0.00578. The van der Waals surface area contributed by atoms with Gasteiger partial charge in [0.15, 0.2) is 15.2 Å². The van der Waals surface area contributed by atoms with Gasteiger partial charge in [0.05, 0.1) is 11.2 Å². The molecule has 6 heteroatoms. The minimum absolute atomic E-state index is 0.394. The molecule has 1 heterocycles. The maximum atomic E-state index is 7.27. The van der Waals surface area contributed by atoms with Gasteiger partial charge in [0.2, 0.25) is 0 Å². The number of hydrogen-bond acceptors (Lipinski definition) is 3. The van der Waals surface area contributed by atoms with E-state index in [1.807, 2.05) is 0 Å². The largest absolute Gasteiger partial charge is 0.444 e. The Bertz CT molecular complexity index is 1290. The third-order valence-electron chi connectivity index (χ3n) is 9.26. The Morgan fingerprint density at radius 1 is 0.525 bits per heavy atom. The number of nitrogens with zero attached hydrogens (tertiary/aromatic N) is 1. The maximum Gasteiger partial charge on any atom is 0.444 e. The molecule has 0 amide bonds. The van der Waals surface area contributed by atoms with Gasteiger partial charge in [-0.15, -0.1) is 0 Å². The highest BCUT2D eigenvalue weighted by Gasteiger charge is 2.73. The maximum absolute atomic E-state index is 7.27.